The van der Waals surface area contributed by atoms with Gasteiger partial charge >= 0.3 is 12.4 Å². The lowest BCUT2D eigenvalue weighted by molar-refractivity contribution is -0.139. The summed E-state index contributed by atoms with van der Waals surface area (Å²) in [5.74, 6) is -0.0403. The first-order valence-electron chi connectivity index (χ1n) is 13.7. The van der Waals surface area contributed by atoms with Crippen LogP contribution in [0.3, 0.4) is 0 Å². The molecule has 244 valence electrons. The molecule has 3 rings (SSSR count). The smallest absolute Gasteiger partial charge is 0.386 e. The van der Waals surface area contributed by atoms with Crippen LogP contribution in [0.2, 0.25) is 25.7 Å². The number of amides is 1. The zero-order valence-corrected chi connectivity index (χ0v) is 25.7. The largest absolute Gasteiger partial charge is 0.423 e. The Labute approximate surface area is 250 Å². The molecule has 0 bridgehead atoms. The zero-order chi connectivity index (χ0) is 32.7. The van der Waals surface area contributed by atoms with Gasteiger partial charge in [0, 0.05) is 47.1 Å². The van der Waals surface area contributed by atoms with Gasteiger partial charge in [-0.3, -0.25) is 9.59 Å². The van der Waals surface area contributed by atoms with Crippen LogP contribution in [-0.4, -0.2) is 85.3 Å². The molecule has 2 aromatic heterocycles. The molecule has 3 heterocycles. The number of halogens is 6. The van der Waals surface area contributed by atoms with E-state index in [1.807, 2.05) is 0 Å². The predicted octanol–water partition coefficient (Wildman–Crippen LogP) is 4.14. The second kappa shape index (κ2) is 14.4. The monoisotopic (exact) mass is 651 g/mol. The molecule has 1 atom stereocenters. The number of carbonyl (C=O) groups excluding carboxylic acids is 1. The highest BCUT2D eigenvalue weighted by Crippen LogP contribution is 2.32. The van der Waals surface area contributed by atoms with Gasteiger partial charge in [0.05, 0.1) is 29.7 Å². The molecular weight excluding hydrogens is 616 g/mol. The van der Waals surface area contributed by atoms with Gasteiger partial charge in [0.2, 0.25) is 0 Å². The van der Waals surface area contributed by atoms with Gasteiger partial charge in [0.25, 0.3) is 11.5 Å². The number of oxime groups is 1. The molecule has 0 aliphatic carbocycles. The van der Waals surface area contributed by atoms with Crippen LogP contribution in [0.1, 0.15) is 18.1 Å². The molecule has 1 N–H and O–H groups in total. The van der Waals surface area contributed by atoms with Crippen LogP contribution in [0.5, 0.6) is 0 Å². The van der Waals surface area contributed by atoms with Crippen molar-refractivity contribution in [2.45, 2.75) is 57.7 Å². The molecule has 0 radical (unpaired) electrons. The van der Waals surface area contributed by atoms with Crippen LogP contribution in [-0.2, 0) is 33.5 Å². The van der Waals surface area contributed by atoms with Crippen molar-refractivity contribution in [3.63, 3.8) is 0 Å². The van der Waals surface area contributed by atoms with E-state index in [1.165, 1.54) is 17.9 Å². The molecule has 0 spiro atoms. The Balaban J connectivity index is 1.48. The van der Waals surface area contributed by atoms with E-state index in [0.29, 0.717) is 30.2 Å². The van der Waals surface area contributed by atoms with Crippen molar-refractivity contribution in [2.75, 3.05) is 49.6 Å². The van der Waals surface area contributed by atoms with E-state index in [1.54, 1.807) is 4.90 Å². The normalized spacial score (nSPS) is 15.5. The van der Waals surface area contributed by atoms with Crippen molar-refractivity contribution in [3.05, 3.63) is 46.0 Å². The van der Waals surface area contributed by atoms with Crippen molar-refractivity contribution in [3.8, 4) is 0 Å². The number of alkyl halides is 6. The fraction of sp³-hybridized carbons (Fsp3) is 0.577. The first kappa shape index (κ1) is 34.8. The number of hydrogen-bond donors (Lipinski definition) is 1. The van der Waals surface area contributed by atoms with Crippen LogP contribution in [0.25, 0.3) is 0 Å². The molecule has 1 unspecified atom stereocenters. The number of nitrogens with zero attached hydrogens (tertiary/aromatic N) is 6. The Hall–Kier alpha value is -3.67. The molecule has 44 heavy (non-hydrogen) atoms. The van der Waals surface area contributed by atoms with E-state index in [-0.39, 0.29) is 13.1 Å². The summed E-state index contributed by atoms with van der Waals surface area (Å²) in [5, 5.41) is 9.97. The van der Waals surface area contributed by atoms with E-state index in [9.17, 15) is 35.9 Å². The molecule has 1 amide bonds. The molecule has 1 fully saturated rings. The second-order valence-corrected chi connectivity index (χ2v) is 16.9. The minimum absolute atomic E-state index is 0.273. The Morgan fingerprint density at radius 3 is 2.34 bits per heavy atom. The summed E-state index contributed by atoms with van der Waals surface area (Å²) in [6.07, 6.45) is -6.67. The van der Waals surface area contributed by atoms with Gasteiger partial charge in [-0.2, -0.15) is 31.4 Å². The van der Waals surface area contributed by atoms with Crippen molar-refractivity contribution >= 4 is 31.7 Å². The van der Waals surface area contributed by atoms with E-state index in [0.717, 1.165) is 30.7 Å². The van der Waals surface area contributed by atoms with E-state index in [2.05, 4.69) is 40.2 Å². The Bertz CT molecular complexity index is 1340. The van der Waals surface area contributed by atoms with Crippen molar-refractivity contribution in [2.24, 2.45) is 5.16 Å². The predicted molar refractivity (Wildman–Crippen MR) is 153 cm³/mol. The van der Waals surface area contributed by atoms with Crippen LogP contribution >= 0.6 is 0 Å². The average molecular weight is 652 g/mol. The van der Waals surface area contributed by atoms with Crippen molar-refractivity contribution in [1.82, 2.24) is 19.7 Å². The molecular formula is C26H35F6N7O4Si. The highest BCUT2D eigenvalue weighted by molar-refractivity contribution is 6.76. The summed E-state index contributed by atoms with van der Waals surface area (Å²) in [7, 11) is -1.42. The molecule has 1 saturated heterocycles. The molecule has 0 aromatic carbocycles. The summed E-state index contributed by atoms with van der Waals surface area (Å²) in [6, 6.07) is 2.16. The topological polar surface area (TPSA) is 114 Å². The summed E-state index contributed by atoms with van der Waals surface area (Å²) in [4.78, 5) is 37.2. The Morgan fingerprint density at radius 2 is 1.77 bits per heavy atom. The van der Waals surface area contributed by atoms with Crippen LogP contribution in [0, 0.1) is 0 Å². The Kier molecular flexibility index (Phi) is 11.4. The molecule has 1 aliphatic rings. The van der Waals surface area contributed by atoms with Crippen LogP contribution < -0.4 is 15.8 Å². The molecule has 0 saturated carbocycles. The SMILES string of the molecule is CC(/C=N/OCC(=O)N1CCN(c2ccc(C(F)(F)F)cn2)CC1)Nc1cnn(COCC[Si](C)(C)C)c(=O)c1C(F)(F)F. The summed E-state index contributed by atoms with van der Waals surface area (Å²) >= 11 is 0. The number of ether oxygens (including phenoxy) is 1. The maximum atomic E-state index is 13.8. The first-order valence-corrected chi connectivity index (χ1v) is 17.4. The quantitative estimate of drug-likeness (QED) is 0.120. The van der Waals surface area contributed by atoms with E-state index < -0.39 is 68.1 Å². The van der Waals surface area contributed by atoms with Crippen LogP contribution in [0.4, 0.5) is 37.8 Å². The van der Waals surface area contributed by atoms with E-state index in [4.69, 9.17) is 9.57 Å². The third-order valence-corrected chi connectivity index (χ3v) is 8.20. The molecule has 2 aromatic rings. The van der Waals surface area contributed by atoms with Gasteiger partial charge in [-0.25, -0.2) is 9.67 Å². The van der Waals surface area contributed by atoms with E-state index >= 15 is 0 Å². The number of carbonyl (C=O) groups is 1. The molecule has 18 heteroatoms. The fourth-order valence-corrected chi connectivity index (χ4v) is 4.78. The highest BCUT2D eigenvalue weighted by atomic mass is 28.3. The van der Waals surface area contributed by atoms with Gasteiger partial charge in [0.1, 0.15) is 18.1 Å². The lowest BCUT2D eigenvalue weighted by Crippen LogP contribution is -2.49. The maximum Gasteiger partial charge on any atom is 0.423 e. The average Bonchev–Trinajstić information content (AvgIpc) is 2.93. The summed E-state index contributed by atoms with van der Waals surface area (Å²) in [6.45, 7) is 8.50. The molecule has 11 nitrogen and oxygen atoms in total. The van der Waals surface area contributed by atoms with Crippen molar-refractivity contribution in [1.29, 1.82) is 0 Å². The Morgan fingerprint density at radius 1 is 1.09 bits per heavy atom. The zero-order valence-electron chi connectivity index (χ0n) is 24.7. The number of anilines is 2. The van der Waals surface area contributed by atoms with Gasteiger partial charge in [-0.05, 0) is 25.1 Å². The van der Waals surface area contributed by atoms with Gasteiger partial charge in [-0.1, -0.05) is 24.8 Å². The van der Waals surface area contributed by atoms with Crippen molar-refractivity contribution < 1.29 is 40.7 Å². The third kappa shape index (κ3) is 10.2. The fourth-order valence-electron chi connectivity index (χ4n) is 4.02. The second-order valence-electron chi connectivity index (χ2n) is 11.3. The minimum atomic E-state index is -4.96. The lowest BCUT2D eigenvalue weighted by Gasteiger charge is -2.35. The maximum absolute atomic E-state index is 13.8. The summed E-state index contributed by atoms with van der Waals surface area (Å²) < 4.78 is 85.5. The number of rotatable bonds is 12. The summed E-state index contributed by atoms with van der Waals surface area (Å²) in [5.41, 5.74) is -4.18. The number of hydrogen-bond acceptors (Lipinski definition) is 9. The number of nitrogens with one attached hydrogen (secondary N) is 1. The first-order chi connectivity index (χ1) is 20.5. The third-order valence-electron chi connectivity index (χ3n) is 6.50. The minimum Gasteiger partial charge on any atom is -0.386 e. The van der Waals surface area contributed by atoms with Crippen LogP contribution in [0.15, 0.2) is 34.5 Å². The number of piperazine rings is 1. The van der Waals surface area contributed by atoms with Gasteiger partial charge in [0.15, 0.2) is 6.61 Å². The lowest BCUT2D eigenvalue weighted by atomic mass is 10.2. The number of aromatic nitrogens is 3. The number of pyridine rings is 1. The van der Waals surface area contributed by atoms with Gasteiger partial charge < -0.3 is 24.7 Å². The highest BCUT2D eigenvalue weighted by Gasteiger charge is 2.38. The standard InChI is InChI=1S/C26H35F6N7O4Si/c1-18(36-20-15-34-39(17-42-11-12-44(2,3)4)24(41)23(20)26(30,31)32)13-35-43-16-22(40)38-9-7-37(8-10-38)21-6-5-19(14-33-21)25(27,28)29/h5-6,13-15,18,36H,7-12,16-17H2,1-4H3/b35-13+. The molecule has 1 aliphatic heterocycles. The van der Waals surface area contributed by atoms with Gasteiger partial charge in [-0.15, -0.1) is 0 Å².